The first kappa shape index (κ1) is 17.8. The van der Waals surface area contributed by atoms with E-state index in [1.54, 1.807) is 21.3 Å². The Hall–Kier alpha value is -1.30. The number of hydrogen-bond donors (Lipinski definition) is 2. The number of methoxy groups -OCH3 is 3. The second-order valence-corrected chi connectivity index (χ2v) is 5.14. The highest BCUT2D eigenvalue weighted by molar-refractivity contribution is 5.42. The summed E-state index contributed by atoms with van der Waals surface area (Å²) in [6, 6.07) is 5.57. The Kier molecular flexibility index (Phi) is 7.50. The average Bonchev–Trinajstić information content (AvgIpc) is 2.48. The maximum absolute atomic E-state index is 9.87. The van der Waals surface area contributed by atoms with Crippen LogP contribution >= 0.6 is 0 Å². The molecule has 0 aliphatic heterocycles. The normalized spacial score (nSPS) is 15.3. The van der Waals surface area contributed by atoms with E-state index in [2.05, 4.69) is 0 Å². The molecule has 0 fully saturated rings. The molecule has 2 N–H and O–H groups in total. The van der Waals surface area contributed by atoms with Gasteiger partial charge in [0.05, 0.1) is 26.4 Å². The van der Waals surface area contributed by atoms with E-state index in [1.165, 1.54) is 0 Å². The summed E-state index contributed by atoms with van der Waals surface area (Å²) in [5, 5.41) is 18.8. The Morgan fingerprint density at radius 3 is 2.38 bits per heavy atom. The van der Waals surface area contributed by atoms with Crippen LogP contribution in [0.4, 0.5) is 0 Å². The Bertz CT molecular complexity index is 421. The van der Waals surface area contributed by atoms with Gasteiger partial charge in [0.25, 0.3) is 0 Å². The fourth-order valence-electron chi connectivity index (χ4n) is 2.55. The minimum atomic E-state index is -0.542. The van der Waals surface area contributed by atoms with Gasteiger partial charge in [-0.3, -0.25) is 0 Å². The summed E-state index contributed by atoms with van der Waals surface area (Å²) in [4.78, 5) is 0. The molecule has 0 aliphatic carbocycles. The Morgan fingerprint density at radius 1 is 1.14 bits per heavy atom. The highest BCUT2D eigenvalue weighted by Crippen LogP contribution is 2.37. The molecule has 0 radical (unpaired) electrons. The summed E-state index contributed by atoms with van der Waals surface area (Å²) in [5.74, 6) is 1.53. The van der Waals surface area contributed by atoms with Crippen LogP contribution in [-0.4, -0.2) is 44.3 Å². The van der Waals surface area contributed by atoms with Gasteiger partial charge in [-0.1, -0.05) is 6.92 Å². The molecule has 0 saturated carbocycles. The molecule has 21 heavy (non-hydrogen) atoms. The van der Waals surface area contributed by atoms with Crippen molar-refractivity contribution in [2.24, 2.45) is 5.92 Å². The minimum Gasteiger partial charge on any atom is -0.497 e. The van der Waals surface area contributed by atoms with Crippen molar-refractivity contribution in [2.45, 2.75) is 32.0 Å². The van der Waals surface area contributed by atoms with E-state index < -0.39 is 6.10 Å². The van der Waals surface area contributed by atoms with Crippen LogP contribution in [0.1, 0.15) is 31.4 Å². The van der Waals surface area contributed by atoms with Gasteiger partial charge in [-0.05, 0) is 37.0 Å². The monoisotopic (exact) mass is 298 g/mol. The molecule has 120 valence electrons. The van der Waals surface area contributed by atoms with Gasteiger partial charge < -0.3 is 24.4 Å². The van der Waals surface area contributed by atoms with Crippen molar-refractivity contribution < 1.29 is 24.4 Å². The van der Waals surface area contributed by atoms with Crippen LogP contribution in [0, 0.1) is 5.92 Å². The molecule has 5 heteroatoms. The van der Waals surface area contributed by atoms with Crippen LogP contribution in [0.5, 0.6) is 11.5 Å². The zero-order valence-corrected chi connectivity index (χ0v) is 13.2. The van der Waals surface area contributed by atoms with Crippen LogP contribution in [0.2, 0.25) is 0 Å². The lowest BCUT2D eigenvalue weighted by molar-refractivity contribution is 0.0247. The maximum atomic E-state index is 9.87. The van der Waals surface area contributed by atoms with E-state index in [0.717, 1.165) is 17.1 Å². The maximum Gasteiger partial charge on any atom is 0.124 e. The average molecular weight is 298 g/mol. The van der Waals surface area contributed by atoms with Gasteiger partial charge in [0.2, 0.25) is 0 Å². The van der Waals surface area contributed by atoms with Crippen molar-refractivity contribution in [1.82, 2.24) is 0 Å². The molecular weight excluding hydrogens is 272 g/mol. The summed E-state index contributed by atoms with van der Waals surface area (Å²) in [5.41, 5.74) is 0.892. The van der Waals surface area contributed by atoms with Gasteiger partial charge >= 0.3 is 0 Å². The molecule has 5 nitrogen and oxygen atoms in total. The van der Waals surface area contributed by atoms with Crippen molar-refractivity contribution in [2.75, 3.05) is 27.9 Å². The van der Waals surface area contributed by atoms with Crippen LogP contribution in [0.3, 0.4) is 0 Å². The van der Waals surface area contributed by atoms with E-state index in [1.807, 2.05) is 25.1 Å². The molecule has 1 rings (SSSR count). The van der Waals surface area contributed by atoms with Crippen molar-refractivity contribution >= 4 is 0 Å². The lowest BCUT2D eigenvalue weighted by Gasteiger charge is -2.26. The SMILES string of the molecule is COc1ccc(OC)c([C@@H](OC)[C@H](C)CC(O)CCO)c1. The smallest absolute Gasteiger partial charge is 0.124 e. The fraction of sp³-hybridized carbons (Fsp3) is 0.625. The van der Waals surface area contributed by atoms with Crippen LogP contribution in [-0.2, 0) is 4.74 Å². The fourth-order valence-corrected chi connectivity index (χ4v) is 2.55. The Morgan fingerprint density at radius 2 is 1.86 bits per heavy atom. The predicted octanol–water partition coefficient (Wildman–Crippen LogP) is 2.16. The highest BCUT2D eigenvalue weighted by Gasteiger charge is 2.25. The zero-order chi connectivity index (χ0) is 15.8. The van der Waals surface area contributed by atoms with E-state index in [-0.39, 0.29) is 18.6 Å². The second-order valence-electron chi connectivity index (χ2n) is 5.14. The predicted molar refractivity (Wildman–Crippen MR) is 80.8 cm³/mol. The number of aliphatic hydroxyl groups excluding tert-OH is 2. The van der Waals surface area contributed by atoms with Crippen molar-refractivity contribution in [3.8, 4) is 11.5 Å². The summed E-state index contributed by atoms with van der Waals surface area (Å²) in [7, 11) is 4.86. The van der Waals surface area contributed by atoms with E-state index in [4.69, 9.17) is 19.3 Å². The topological polar surface area (TPSA) is 68.2 Å². The second kappa shape index (κ2) is 8.87. The molecule has 0 aliphatic rings. The van der Waals surface area contributed by atoms with Gasteiger partial charge in [0, 0.05) is 19.3 Å². The first-order valence-electron chi connectivity index (χ1n) is 7.11. The minimum absolute atomic E-state index is 0.0198. The number of ether oxygens (including phenoxy) is 3. The molecule has 0 heterocycles. The summed E-state index contributed by atoms with van der Waals surface area (Å²) >= 11 is 0. The lowest BCUT2D eigenvalue weighted by Crippen LogP contribution is -2.20. The lowest BCUT2D eigenvalue weighted by atomic mass is 9.90. The molecule has 0 spiro atoms. The van der Waals surface area contributed by atoms with Gasteiger partial charge in [-0.15, -0.1) is 0 Å². The van der Waals surface area contributed by atoms with E-state index >= 15 is 0 Å². The van der Waals surface area contributed by atoms with Gasteiger partial charge in [0.15, 0.2) is 0 Å². The summed E-state index contributed by atoms with van der Waals surface area (Å²) in [6.07, 6.45) is 0.151. The van der Waals surface area contributed by atoms with Crippen molar-refractivity contribution in [3.05, 3.63) is 23.8 Å². The van der Waals surface area contributed by atoms with Crippen molar-refractivity contribution in [1.29, 1.82) is 0 Å². The number of rotatable bonds is 9. The molecule has 0 bridgehead atoms. The largest absolute Gasteiger partial charge is 0.497 e. The third kappa shape index (κ3) is 4.88. The Labute approximate surface area is 126 Å². The highest BCUT2D eigenvalue weighted by atomic mass is 16.5. The van der Waals surface area contributed by atoms with E-state index in [9.17, 15) is 5.11 Å². The van der Waals surface area contributed by atoms with Gasteiger partial charge in [0.1, 0.15) is 11.5 Å². The van der Waals surface area contributed by atoms with Crippen molar-refractivity contribution in [3.63, 3.8) is 0 Å². The van der Waals surface area contributed by atoms with Gasteiger partial charge in [-0.2, -0.15) is 0 Å². The number of aliphatic hydroxyl groups is 2. The molecule has 0 aromatic heterocycles. The first-order chi connectivity index (χ1) is 10.1. The third-order valence-electron chi connectivity index (χ3n) is 3.62. The first-order valence-corrected chi connectivity index (χ1v) is 7.11. The van der Waals surface area contributed by atoms with E-state index in [0.29, 0.717) is 12.8 Å². The molecule has 0 saturated heterocycles. The quantitative estimate of drug-likeness (QED) is 0.731. The summed E-state index contributed by atoms with van der Waals surface area (Å²) < 4.78 is 16.3. The zero-order valence-electron chi connectivity index (χ0n) is 13.2. The Balaban J connectivity index is 2.97. The standard InChI is InChI=1S/C16H26O5/c1-11(9-12(18)7-8-17)16(21-4)14-10-13(19-2)5-6-15(14)20-3/h5-6,10-12,16-18H,7-9H2,1-4H3/t11-,12?,16+/m1/s1. The molecule has 1 aromatic rings. The molecule has 1 aromatic carbocycles. The molecule has 3 atom stereocenters. The van der Waals surface area contributed by atoms with Crippen LogP contribution < -0.4 is 9.47 Å². The molecule has 1 unspecified atom stereocenters. The van der Waals surface area contributed by atoms with Crippen LogP contribution in [0.25, 0.3) is 0 Å². The van der Waals surface area contributed by atoms with Gasteiger partial charge in [-0.25, -0.2) is 0 Å². The molecule has 0 amide bonds. The molecular formula is C16H26O5. The number of hydrogen-bond acceptors (Lipinski definition) is 5. The summed E-state index contributed by atoms with van der Waals surface area (Å²) in [6.45, 7) is 1.99. The van der Waals surface area contributed by atoms with Crippen LogP contribution in [0.15, 0.2) is 18.2 Å². The number of benzene rings is 1. The third-order valence-corrected chi connectivity index (χ3v) is 3.62.